The van der Waals surface area contributed by atoms with Crippen molar-refractivity contribution in [1.82, 2.24) is 15.5 Å². The fraction of sp³-hybridized carbons (Fsp3) is 0.500. The van der Waals surface area contributed by atoms with Crippen LogP contribution in [0.15, 0.2) is 48.5 Å². The number of rotatable bonds is 9. The number of ether oxygens (including phenoxy) is 4. The van der Waals surface area contributed by atoms with E-state index in [2.05, 4.69) is 10.6 Å². The van der Waals surface area contributed by atoms with E-state index in [1.807, 2.05) is 38.1 Å². The van der Waals surface area contributed by atoms with Crippen LogP contribution in [0.1, 0.15) is 62.5 Å². The van der Waals surface area contributed by atoms with Crippen LogP contribution in [0.25, 0.3) is 0 Å². The number of carbonyl (C=O) groups is 3. The number of likely N-dealkylation sites (tertiary alicyclic amines) is 1. The standard InChI is InChI=1S/C30H39N3O7/c1-29(2,3)40-28(36)32-17-20-6-10-22(11-7-20)27(35)31-16-21-8-12-23(13-9-21)37-15-14-26(34)33-18-24-25(19-33)39-30(4,5)38-24/h6-13,24-25H,14-19H2,1-5H3,(H,31,35)(H,32,36)/t24-,25-/m1/s1. The molecule has 10 nitrogen and oxygen atoms in total. The highest BCUT2D eigenvalue weighted by Crippen LogP contribution is 2.33. The first-order valence-electron chi connectivity index (χ1n) is 13.6. The van der Waals surface area contributed by atoms with E-state index in [0.717, 1.165) is 11.1 Å². The monoisotopic (exact) mass is 553 g/mol. The molecular formula is C30H39N3O7. The molecule has 2 N–H and O–H groups in total. The summed E-state index contributed by atoms with van der Waals surface area (Å²) in [4.78, 5) is 38.7. The highest BCUT2D eigenvalue weighted by molar-refractivity contribution is 5.94. The zero-order valence-corrected chi connectivity index (χ0v) is 23.8. The van der Waals surface area contributed by atoms with E-state index in [-0.39, 0.29) is 37.0 Å². The number of nitrogens with zero attached hydrogens (tertiary/aromatic N) is 1. The molecular weight excluding hydrogens is 514 g/mol. The molecule has 2 fully saturated rings. The van der Waals surface area contributed by atoms with Crippen LogP contribution in [0, 0.1) is 0 Å². The molecule has 2 aliphatic rings. The molecule has 2 aromatic carbocycles. The molecule has 0 radical (unpaired) electrons. The molecule has 40 heavy (non-hydrogen) atoms. The van der Waals surface area contributed by atoms with Crippen molar-refractivity contribution in [3.05, 3.63) is 65.2 Å². The van der Waals surface area contributed by atoms with E-state index < -0.39 is 17.5 Å². The minimum atomic E-state index is -0.586. The molecule has 3 amide bonds. The molecule has 2 saturated heterocycles. The first-order valence-corrected chi connectivity index (χ1v) is 13.6. The van der Waals surface area contributed by atoms with Crippen LogP contribution in [-0.4, -0.2) is 66.1 Å². The van der Waals surface area contributed by atoms with Crippen LogP contribution in [0.3, 0.4) is 0 Å². The second-order valence-corrected chi connectivity index (χ2v) is 11.5. The molecule has 0 unspecified atom stereocenters. The molecule has 2 aromatic rings. The number of alkyl carbamates (subject to hydrolysis) is 1. The Bertz CT molecular complexity index is 1170. The van der Waals surface area contributed by atoms with Gasteiger partial charge in [0, 0.05) is 31.7 Å². The van der Waals surface area contributed by atoms with Gasteiger partial charge in [-0.25, -0.2) is 4.79 Å². The Hall–Kier alpha value is -3.63. The van der Waals surface area contributed by atoms with Crippen LogP contribution >= 0.6 is 0 Å². The van der Waals surface area contributed by atoms with Crippen molar-refractivity contribution in [1.29, 1.82) is 0 Å². The van der Waals surface area contributed by atoms with Crippen molar-refractivity contribution in [3.8, 4) is 5.75 Å². The molecule has 2 aliphatic heterocycles. The predicted molar refractivity (Wildman–Crippen MR) is 148 cm³/mol. The van der Waals surface area contributed by atoms with Gasteiger partial charge in [-0.1, -0.05) is 24.3 Å². The summed E-state index contributed by atoms with van der Waals surface area (Å²) in [5.74, 6) is -0.107. The summed E-state index contributed by atoms with van der Waals surface area (Å²) in [5.41, 5.74) is 1.74. The number of hydrogen-bond donors (Lipinski definition) is 2. The molecule has 4 rings (SSSR count). The maximum Gasteiger partial charge on any atom is 0.407 e. The maximum atomic E-state index is 12.6. The Morgan fingerprint density at radius 1 is 0.900 bits per heavy atom. The molecule has 10 heteroatoms. The number of fused-ring (bicyclic) bond motifs is 1. The van der Waals surface area contributed by atoms with Gasteiger partial charge in [0.1, 0.15) is 23.6 Å². The van der Waals surface area contributed by atoms with Crippen LogP contribution in [0.2, 0.25) is 0 Å². The summed E-state index contributed by atoms with van der Waals surface area (Å²) >= 11 is 0. The lowest BCUT2D eigenvalue weighted by Crippen LogP contribution is -2.34. The number of amides is 3. The van der Waals surface area contributed by atoms with E-state index in [9.17, 15) is 14.4 Å². The summed E-state index contributed by atoms with van der Waals surface area (Å²) in [6.07, 6.45) is -0.351. The molecule has 0 bridgehead atoms. The van der Waals surface area contributed by atoms with Gasteiger partial charge in [-0.15, -0.1) is 0 Å². The predicted octanol–water partition coefficient (Wildman–Crippen LogP) is 3.77. The summed E-state index contributed by atoms with van der Waals surface area (Å²) in [6, 6.07) is 14.4. The topological polar surface area (TPSA) is 115 Å². The molecule has 0 aliphatic carbocycles. The van der Waals surface area contributed by atoms with Crippen molar-refractivity contribution in [2.45, 2.75) is 77.7 Å². The lowest BCUT2D eigenvalue weighted by Gasteiger charge is -2.23. The molecule has 216 valence electrons. The van der Waals surface area contributed by atoms with Crippen molar-refractivity contribution < 1.29 is 33.3 Å². The Kier molecular flexibility index (Phi) is 9.00. The Labute approximate surface area is 235 Å². The summed E-state index contributed by atoms with van der Waals surface area (Å²) in [5, 5.41) is 5.60. The SMILES string of the molecule is CC(C)(C)OC(=O)NCc1ccc(C(=O)NCc2ccc(OCCC(=O)N3C[C@H]4OC(C)(C)O[C@@H]4C3)cc2)cc1. The summed E-state index contributed by atoms with van der Waals surface area (Å²) in [7, 11) is 0. The fourth-order valence-electron chi connectivity index (χ4n) is 4.60. The van der Waals surface area contributed by atoms with Crippen molar-refractivity contribution >= 4 is 17.9 Å². The largest absolute Gasteiger partial charge is 0.493 e. The van der Waals surface area contributed by atoms with E-state index >= 15 is 0 Å². The summed E-state index contributed by atoms with van der Waals surface area (Å²) in [6.45, 7) is 11.2. The van der Waals surface area contributed by atoms with Gasteiger partial charge in [0.2, 0.25) is 5.91 Å². The lowest BCUT2D eigenvalue weighted by atomic mass is 10.1. The van der Waals surface area contributed by atoms with Gasteiger partial charge < -0.3 is 34.5 Å². The normalized spacial score (nSPS) is 19.6. The van der Waals surface area contributed by atoms with Gasteiger partial charge in [-0.2, -0.15) is 0 Å². The van der Waals surface area contributed by atoms with Gasteiger partial charge in [0.25, 0.3) is 5.91 Å². The highest BCUT2D eigenvalue weighted by atomic mass is 16.8. The Morgan fingerprint density at radius 2 is 1.45 bits per heavy atom. The van der Waals surface area contributed by atoms with Crippen molar-refractivity contribution in [3.63, 3.8) is 0 Å². The average Bonchev–Trinajstić information content (AvgIpc) is 3.40. The first-order chi connectivity index (χ1) is 18.9. The zero-order chi connectivity index (χ0) is 28.9. The number of nitrogens with one attached hydrogen (secondary N) is 2. The van der Waals surface area contributed by atoms with Crippen LogP contribution < -0.4 is 15.4 Å². The van der Waals surface area contributed by atoms with Crippen LogP contribution in [-0.2, 0) is 32.1 Å². The summed E-state index contributed by atoms with van der Waals surface area (Å²) < 4.78 is 22.7. The van der Waals surface area contributed by atoms with E-state index in [1.165, 1.54) is 0 Å². The molecule has 2 heterocycles. The van der Waals surface area contributed by atoms with Crippen LogP contribution in [0.4, 0.5) is 4.79 Å². The van der Waals surface area contributed by atoms with Gasteiger partial charge >= 0.3 is 6.09 Å². The second-order valence-electron chi connectivity index (χ2n) is 11.5. The van der Waals surface area contributed by atoms with E-state index in [4.69, 9.17) is 18.9 Å². The number of hydrogen-bond acceptors (Lipinski definition) is 7. The number of carbonyl (C=O) groups excluding carboxylic acids is 3. The second kappa shape index (κ2) is 12.3. The van der Waals surface area contributed by atoms with Crippen LogP contribution in [0.5, 0.6) is 5.75 Å². The molecule has 0 saturated carbocycles. The van der Waals surface area contributed by atoms with Gasteiger partial charge in [-0.05, 0) is 70.0 Å². The highest BCUT2D eigenvalue weighted by Gasteiger charge is 2.47. The minimum absolute atomic E-state index is 0.0195. The van der Waals surface area contributed by atoms with Gasteiger partial charge in [0.15, 0.2) is 5.79 Å². The van der Waals surface area contributed by atoms with Gasteiger partial charge in [0.05, 0.1) is 13.0 Å². The quantitative estimate of drug-likeness (QED) is 0.486. The smallest absolute Gasteiger partial charge is 0.407 e. The van der Waals surface area contributed by atoms with E-state index in [0.29, 0.717) is 37.5 Å². The Balaban J connectivity index is 1.14. The molecule has 0 aromatic heterocycles. The number of benzene rings is 2. The van der Waals surface area contributed by atoms with E-state index in [1.54, 1.807) is 49.9 Å². The third-order valence-electron chi connectivity index (χ3n) is 6.45. The first kappa shape index (κ1) is 29.4. The average molecular weight is 554 g/mol. The fourth-order valence-corrected chi connectivity index (χ4v) is 4.60. The van der Waals surface area contributed by atoms with Crippen molar-refractivity contribution in [2.24, 2.45) is 0 Å². The third-order valence-corrected chi connectivity index (χ3v) is 6.45. The lowest BCUT2D eigenvalue weighted by molar-refractivity contribution is -0.160. The van der Waals surface area contributed by atoms with Gasteiger partial charge in [-0.3, -0.25) is 9.59 Å². The Morgan fingerprint density at radius 3 is 2.02 bits per heavy atom. The molecule has 2 atom stereocenters. The molecule has 0 spiro atoms. The minimum Gasteiger partial charge on any atom is -0.493 e. The third kappa shape index (κ3) is 8.43. The maximum absolute atomic E-state index is 12.6. The van der Waals surface area contributed by atoms with Crippen molar-refractivity contribution in [2.75, 3.05) is 19.7 Å². The zero-order valence-electron chi connectivity index (χ0n) is 23.8.